The van der Waals surface area contributed by atoms with Gasteiger partial charge in [-0.3, -0.25) is 0 Å². The van der Waals surface area contributed by atoms with Crippen LogP contribution in [0.4, 0.5) is 0 Å². The largest absolute Gasteiger partial charge is 0.379 e. The number of nitrogens with one attached hydrogen (secondary N) is 1. The molecule has 1 aliphatic heterocycles. The Balaban J connectivity index is 1.71. The van der Waals surface area contributed by atoms with Gasteiger partial charge in [0.2, 0.25) is 0 Å². The molecular weight excluding hydrogens is 214 g/mol. The van der Waals surface area contributed by atoms with Crippen LogP contribution in [0.2, 0.25) is 0 Å². The average Bonchev–Trinajstić information content (AvgIpc) is 2.65. The molecule has 100 valence electrons. The molecule has 17 heavy (non-hydrogen) atoms. The third-order valence-electron chi connectivity index (χ3n) is 4.20. The van der Waals surface area contributed by atoms with Crippen molar-refractivity contribution in [3.63, 3.8) is 0 Å². The van der Waals surface area contributed by atoms with Crippen molar-refractivity contribution in [2.45, 2.75) is 57.1 Å². The first-order valence-electron chi connectivity index (χ1n) is 7.26. The summed E-state index contributed by atoms with van der Waals surface area (Å²) < 4.78 is 11.6. The van der Waals surface area contributed by atoms with Crippen molar-refractivity contribution in [2.75, 3.05) is 26.9 Å². The molecule has 0 spiro atoms. The molecule has 1 saturated heterocycles. The topological polar surface area (TPSA) is 30.5 Å². The second kappa shape index (κ2) is 7.34. The molecule has 2 fully saturated rings. The number of hydrogen-bond acceptors (Lipinski definition) is 3. The maximum Gasteiger partial charge on any atom is 0.0961 e. The van der Waals surface area contributed by atoms with Gasteiger partial charge < -0.3 is 14.8 Å². The number of likely N-dealkylation sites (N-methyl/N-ethyl adjacent to an activating group) is 1. The summed E-state index contributed by atoms with van der Waals surface area (Å²) in [5.41, 5.74) is 0. The fourth-order valence-electron chi connectivity index (χ4n) is 3.00. The van der Waals surface area contributed by atoms with Crippen LogP contribution in [0.5, 0.6) is 0 Å². The Morgan fingerprint density at radius 1 is 1.12 bits per heavy atom. The molecule has 0 bridgehead atoms. The quantitative estimate of drug-likeness (QED) is 0.766. The Morgan fingerprint density at radius 2 is 1.88 bits per heavy atom. The van der Waals surface area contributed by atoms with Gasteiger partial charge in [-0.1, -0.05) is 25.7 Å². The lowest BCUT2D eigenvalue weighted by Gasteiger charge is -2.32. The van der Waals surface area contributed by atoms with Crippen molar-refractivity contribution >= 4 is 0 Å². The van der Waals surface area contributed by atoms with Gasteiger partial charge in [0, 0.05) is 19.3 Å². The van der Waals surface area contributed by atoms with Gasteiger partial charge >= 0.3 is 0 Å². The zero-order chi connectivity index (χ0) is 11.9. The maximum absolute atomic E-state index is 6.09. The predicted octanol–water partition coefficient (Wildman–Crippen LogP) is 2.35. The lowest BCUT2D eigenvalue weighted by atomic mass is 10.0. The van der Waals surface area contributed by atoms with Gasteiger partial charge in [0.25, 0.3) is 0 Å². The third-order valence-corrected chi connectivity index (χ3v) is 4.20. The Hall–Kier alpha value is -0.120. The van der Waals surface area contributed by atoms with Crippen molar-refractivity contribution in [3.05, 3.63) is 0 Å². The molecule has 2 atom stereocenters. The maximum atomic E-state index is 6.09. The molecule has 0 aromatic rings. The van der Waals surface area contributed by atoms with Gasteiger partial charge in [0.1, 0.15) is 0 Å². The van der Waals surface area contributed by atoms with Gasteiger partial charge in [-0.25, -0.2) is 0 Å². The highest BCUT2D eigenvalue weighted by Crippen LogP contribution is 2.24. The molecule has 3 nitrogen and oxygen atoms in total. The van der Waals surface area contributed by atoms with E-state index in [2.05, 4.69) is 5.32 Å². The Labute approximate surface area is 105 Å². The standard InChI is InChI=1S/C14H27NO2/c1-15-13-8-9-16-11-14(13)17-10-12-6-4-2-3-5-7-12/h12-15H,2-11H2,1H3. The van der Waals surface area contributed by atoms with E-state index >= 15 is 0 Å². The van der Waals surface area contributed by atoms with E-state index in [-0.39, 0.29) is 6.10 Å². The van der Waals surface area contributed by atoms with Gasteiger partial charge in [-0.15, -0.1) is 0 Å². The number of hydrogen-bond donors (Lipinski definition) is 1. The summed E-state index contributed by atoms with van der Waals surface area (Å²) in [7, 11) is 2.03. The highest BCUT2D eigenvalue weighted by Gasteiger charge is 2.26. The Morgan fingerprint density at radius 3 is 2.59 bits per heavy atom. The monoisotopic (exact) mass is 241 g/mol. The van der Waals surface area contributed by atoms with Crippen LogP contribution in [0, 0.1) is 5.92 Å². The molecule has 1 saturated carbocycles. The van der Waals surface area contributed by atoms with E-state index in [4.69, 9.17) is 9.47 Å². The highest BCUT2D eigenvalue weighted by atomic mass is 16.5. The van der Waals surface area contributed by atoms with Crippen molar-refractivity contribution in [1.82, 2.24) is 5.32 Å². The minimum atomic E-state index is 0.261. The molecule has 0 aromatic heterocycles. The first-order valence-corrected chi connectivity index (χ1v) is 7.26. The second-order valence-corrected chi connectivity index (χ2v) is 5.49. The predicted molar refractivity (Wildman–Crippen MR) is 69.2 cm³/mol. The zero-order valence-corrected chi connectivity index (χ0v) is 11.1. The van der Waals surface area contributed by atoms with Crippen LogP contribution in [-0.4, -0.2) is 39.0 Å². The SMILES string of the molecule is CNC1CCOCC1OCC1CCCCCC1. The van der Waals surface area contributed by atoms with Crippen molar-refractivity contribution in [3.8, 4) is 0 Å². The van der Waals surface area contributed by atoms with Crippen LogP contribution in [0.15, 0.2) is 0 Å². The van der Waals surface area contributed by atoms with Gasteiger partial charge in [-0.2, -0.15) is 0 Å². The smallest absolute Gasteiger partial charge is 0.0961 e. The molecule has 2 rings (SSSR count). The van der Waals surface area contributed by atoms with E-state index in [1.165, 1.54) is 38.5 Å². The van der Waals surface area contributed by atoms with Gasteiger partial charge in [0.15, 0.2) is 0 Å². The average molecular weight is 241 g/mol. The van der Waals surface area contributed by atoms with E-state index in [1.54, 1.807) is 0 Å². The normalized spacial score (nSPS) is 32.3. The molecule has 1 aliphatic carbocycles. The number of ether oxygens (including phenoxy) is 2. The highest BCUT2D eigenvalue weighted by molar-refractivity contribution is 4.79. The van der Waals surface area contributed by atoms with Crippen LogP contribution >= 0.6 is 0 Å². The van der Waals surface area contributed by atoms with Crippen molar-refractivity contribution in [1.29, 1.82) is 0 Å². The third kappa shape index (κ3) is 4.23. The summed E-state index contributed by atoms with van der Waals surface area (Å²) >= 11 is 0. The molecule has 3 heteroatoms. The van der Waals surface area contributed by atoms with Crippen LogP contribution < -0.4 is 5.32 Å². The van der Waals surface area contributed by atoms with E-state index < -0.39 is 0 Å². The Bertz CT molecular complexity index is 202. The number of rotatable bonds is 4. The minimum absolute atomic E-state index is 0.261. The van der Waals surface area contributed by atoms with Gasteiger partial charge in [-0.05, 0) is 32.2 Å². The van der Waals surface area contributed by atoms with Crippen LogP contribution in [0.3, 0.4) is 0 Å². The first kappa shape index (κ1) is 13.3. The lowest BCUT2D eigenvalue weighted by molar-refractivity contribution is -0.0773. The molecule has 0 aromatic carbocycles. The summed E-state index contributed by atoms with van der Waals surface area (Å²) in [6.45, 7) is 2.57. The van der Waals surface area contributed by atoms with Crippen molar-refractivity contribution < 1.29 is 9.47 Å². The molecule has 1 heterocycles. The zero-order valence-electron chi connectivity index (χ0n) is 11.1. The van der Waals surface area contributed by atoms with E-state index in [1.807, 2.05) is 7.05 Å². The first-order chi connectivity index (χ1) is 8.40. The lowest BCUT2D eigenvalue weighted by Crippen LogP contribution is -2.46. The molecular formula is C14H27NO2. The van der Waals surface area contributed by atoms with E-state index in [9.17, 15) is 0 Å². The second-order valence-electron chi connectivity index (χ2n) is 5.49. The molecule has 2 unspecified atom stereocenters. The summed E-state index contributed by atoms with van der Waals surface area (Å²) in [6, 6.07) is 0.481. The fourth-order valence-corrected chi connectivity index (χ4v) is 3.00. The van der Waals surface area contributed by atoms with E-state index in [0.717, 1.165) is 32.2 Å². The summed E-state index contributed by atoms with van der Waals surface area (Å²) in [6.07, 6.45) is 9.68. The van der Waals surface area contributed by atoms with Crippen LogP contribution in [0.1, 0.15) is 44.9 Å². The summed E-state index contributed by atoms with van der Waals surface area (Å²) in [5.74, 6) is 0.789. The molecule has 2 aliphatic rings. The summed E-state index contributed by atoms with van der Waals surface area (Å²) in [5, 5.41) is 3.35. The Kier molecular flexibility index (Phi) is 5.75. The molecule has 0 amide bonds. The van der Waals surface area contributed by atoms with Crippen molar-refractivity contribution in [2.24, 2.45) is 5.92 Å². The summed E-state index contributed by atoms with van der Waals surface area (Å²) in [4.78, 5) is 0. The van der Waals surface area contributed by atoms with Crippen LogP contribution in [-0.2, 0) is 9.47 Å². The van der Waals surface area contributed by atoms with Crippen LogP contribution in [0.25, 0.3) is 0 Å². The molecule has 0 radical (unpaired) electrons. The fraction of sp³-hybridized carbons (Fsp3) is 1.00. The van der Waals surface area contributed by atoms with E-state index in [0.29, 0.717) is 6.04 Å². The minimum Gasteiger partial charge on any atom is -0.379 e. The molecule has 1 N–H and O–H groups in total. The van der Waals surface area contributed by atoms with Gasteiger partial charge in [0.05, 0.1) is 12.7 Å².